The average molecular weight is 153 g/mol. The van der Waals surface area contributed by atoms with Gasteiger partial charge in [-0.1, -0.05) is 0 Å². The van der Waals surface area contributed by atoms with Crippen molar-refractivity contribution in [1.82, 2.24) is 0 Å². The summed E-state index contributed by atoms with van der Waals surface area (Å²) in [6, 6.07) is 0. The fraction of sp³-hybridized carbons (Fsp3) is 1.00. The van der Waals surface area contributed by atoms with Crippen LogP contribution < -0.4 is 0 Å². The van der Waals surface area contributed by atoms with Crippen molar-refractivity contribution in [2.24, 2.45) is 0 Å². The molecule has 1 saturated heterocycles. The van der Waals surface area contributed by atoms with Crippen molar-refractivity contribution in [1.29, 1.82) is 0 Å². The molecule has 46 valence electrons. The molecule has 0 spiro atoms. The highest BCUT2D eigenvalue weighted by Gasteiger charge is 2.29. The Morgan fingerprint density at radius 2 is 2.00 bits per heavy atom. The minimum atomic E-state index is -1.82. The van der Waals surface area contributed by atoms with Crippen LogP contribution >= 0.6 is 10.0 Å². The van der Waals surface area contributed by atoms with Gasteiger partial charge in [-0.05, 0) is 0 Å². The minimum absolute atomic E-state index is 0.334. The van der Waals surface area contributed by atoms with Crippen molar-refractivity contribution in [2.45, 2.75) is 6.10 Å². The van der Waals surface area contributed by atoms with Gasteiger partial charge in [-0.3, -0.25) is 0 Å². The van der Waals surface area contributed by atoms with E-state index >= 15 is 0 Å². The SMILES string of the molecule is OC1C[O][Al]([Cl])[O]C1. The van der Waals surface area contributed by atoms with E-state index < -0.39 is 20.0 Å². The van der Waals surface area contributed by atoms with E-state index in [4.69, 9.17) is 22.7 Å². The van der Waals surface area contributed by atoms with Crippen LogP contribution in [0.2, 0.25) is 0 Å². The molecular formula is C3H6AlClO3. The monoisotopic (exact) mass is 152 g/mol. The predicted octanol–water partition coefficient (Wildman–Crippen LogP) is -0.382. The van der Waals surface area contributed by atoms with Gasteiger partial charge in [0.1, 0.15) is 0 Å². The third kappa shape index (κ3) is 1.90. The zero-order valence-corrected chi connectivity index (χ0v) is 6.12. The molecule has 1 N–H and O–H groups in total. The van der Waals surface area contributed by atoms with Crippen LogP contribution in [-0.2, 0) is 7.58 Å². The molecule has 3 nitrogen and oxygen atoms in total. The van der Waals surface area contributed by atoms with Crippen LogP contribution in [-0.4, -0.2) is 38.3 Å². The second-order valence-corrected chi connectivity index (χ2v) is 3.88. The van der Waals surface area contributed by atoms with E-state index in [1.54, 1.807) is 0 Å². The lowest BCUT2D eigenvalue weighted by Crippen LogP contribution is -2.35. The standard InChI is InChI=1S/C3H6O3.Al.ClH/c4-1-3(6)2-5;;/h3,6H,1-2H2;;1H/q-2;+3;/p-1. The summed E-state index contributed by atoms with van der Waals surface area (Å²) < 4.78 is 9.64. The van der Waals surface area contributed by atoms with E-state index in [0.29, 0.717) is 13.2 Å². The Bertz CT molecular complexity index is 62.9. The van der Waals surface area contributed by atoms with Gasteiger partial charge >= 0.3 is 13.9 Å². The number of rotatable bonds is 0. The molecule has 0 aromatic carbocycles. The average Bonchev–Trinajstić information content (AvgIpc) is 1.77. The van der Waals surface area contributed by atoms with Crippen LogP contribution in [0.1, 0.15) is 0 Å². The van der Waals surface area contributed by atoms with E-state index in [0.717, 1.165) is 0 Å². The van der Waals surface area contributed by atoms with Gasteiger partial charge < -0.3 is 12.7 Å². The van der Waals surface area contributed by atoms with Gasteiger partial charge in [0.25, 0.3) is 0 Å². The van der Waals surface area contributed by atoms with Crippen LogP contribution in [0.5, 0.6) is 0 Å². The van der Waals surface area contributed by atoms with Gasteiger partial charge in [0, 0.05) is 13.2 Å². The molecule has 1 rings (SSSR count). The fourth-order valence-electron chi connectivity index (χ4n) is 0.470. The van der Waals surface area contributed by atoms with E-state index in [1.807, 2.05) is 0 Å². The topological polar surface area (TPSA) is 38.7 Å². The number of aliphatic hydroxyl groups is 1. The second-order valence-electron chi connectivity index (χ2n) is 1.59. The molecule has 0 unspecified atom stereocenters. The quantitative estimate of drug-likeness (QED) is 0.481. The van der Waals surface area contributed by atoms with Crippen LogP contribution in [0, 0.1) is 0 Å². The van der Waals surface area contributed by atoms with Gasteiger partial charge in [0.2, 0.25) is 0 Å². The van der Waals surface area contributed by atoms with Gasteiger partial charge in [0.15, 0.2) is 0 Å². The molecule has 1 aliphatic rings. The van der Waals surface area contributed by atoms with Gasteiger partial charge in [0.05, 0.1) is 6.10 Å². The first-order valence-corrected chi connectivity index (χ1v) is 5.03. The highest BCUT2D eigenvalue weighted by atomic mass is 35.6. The van der Waals surface area contributed by atoms with E-state index in [9.17, 15) is 0 Å². The fourth-order valence-corrected chi connectivity index (χ4v) is 1.75. The van der Waals surface area contributed by atoms with E-state index in [2.05, 4.69) is 0 Å². The molecule has 0 bridgehead atoms. The minimum Gasteiger partial charge on any atom is -0.463 e. The Morgan fingerprint density at radius 1 is 1.50 bits per heavy atom. The smallest absolute Gasteiger partial charge is 0.463 e. The molecule has 0 saturated carbocycles. The molecule has 0 aliphatic carbocycles. The normalized spacial score (nSPS) is 24.0. The van der Waals surface area contributed by atoms with Crippen LogP contribution in [0.25, 0.3) is 0 Å². The third-order valence-corrected chi connectivity index (χ3v) is 2.50. The Hall–Kier alpha value is 0.702. The highest BCUT2D eigenvalue weighted by molar-refractivity contribution is 6.99. The zero-order valence-electron chi connectivity index (χ0n) is 4.21. The van der Waals surface area contributed by atoms with E-state index in [1.165, 1.54) is 0 Å². The van der Waals surface area contributed by atoms with Gasteiger partial charge in [-0.15, -0.1) is 0 Å². The summed E-state index contributed by atoms with van der Waals surface area (Å²) in [7, 11) is 5.47. The van der Waals surface area contributed by atoms with Crippen molar-refractivity contribution < 1.29 is 12.7 Å². The summed E-state index contributed by atoms with van der Waals surface area (Å²) in [5.41, 5.74) is 0. The summed E-state index contributed by atoms with van der Waals surface area (Å²) >= 11 is -1.82. The lowest BCUT2D eigenvalue weighted by Gasteiger charge is -2.19. The Labute approximate surface area is 56.4 Å². The second kappa shape index (κ2) is 3.02. The molecule has 1 fully saturated rings. The first kappa shape index (κ1) is 6.82. The lowest BCUT2D eigenvalue weighted by atomic mass is 10.4. The van der Waals surface area contributed by atoms with Crippen molar-refractivity contribution in [3.05, 3.63) is 0 Å². The first-order valence-electron chi connectivity index (χ1n) is 2.34. The molecule has 0 atom stereocenters. The zero-order chi connectivity index (χ0) is 5.98. The summed E-state index contributed by atoms with van der Waals surface area (Å²) in [5.74, 6) is 0. The number of aliphatic hydroxyl groups excluding tert-OH is 1. The maximum absolute atomic E-state index is 8.74. The van der Waals surface area contributed by atoms with Crippen LogP contribution in [0.15, 0.2) is 0 Å². The van der Waals surface area contributed by atoms with Crippen molar-refractivity contribution in [2.75, 3.05) is 13.2 Å². The first-order chi connectivity index (χ1) is 3.79. The molecule has 0 amide bonds. The molecule has 1 heterocycles. The maximum atomic E-state index is 8.74. The van der Waals surface area contributed by atoms with Crippen LogP contribution in [0.4, 0.5) is 0 Å². The van der Waals surface area contributed by atoms with Crippen molar-refractivity contribution >= 4 is 23.9 Å². The molecule has 0 aromatic rings. The number of hydrogen-bond acceptors (Lipinski definition) is 3. The van der Waals surface area contributed by atoms with Crippen LogP contribution in [0.3, 0.4) is 0 Å². The lowest BCUT2D eigenvalue weighted by molar-refractivity contribution is 0.0119. The maximum Gasteiger partial charge on any atom is 0.813 e. The predicted molar refractivity (Wildman–Crippen MR) is 29.5 cm³/mol. The molecular weight excluding hydrogens is 146 g/mol. The summed E-state index contributed by atoms with van der Waals surface area (Å²) in [4.78, 5) is 0. The van der Waals surface area contributed by atoms with E-state index in [-0.39, 0.29) is 0 Å². The molecule has 0 radical (unpaired) electrons. The van der Waals surface area contributed by atoms with Crippen molar-refractivity contribution in [3.8, 4) is 0 Å². The Balaban J connectivity index is 2.19. The highest BCUT2D eigenvalue weighted by Crippen LogP contribution is 2.03. The molecule has 0 aromatic heterocycles. The Morgan fingerprint density at radius 3 is 2.38 bits per heavy atom. The van der Waals surface area contributed by atoms with Gasteiger partial charge in [-0.25, -0.2) is 0 Å². The van der Waals surface area contributed by atoms with Crippen molar-refractivity contribution in [3.63, 3.8) is 0 Å². The summed E-state index contributed by atoms with van der Waals surface area (Å²) in [5, 5.41) is 8.74. The van der Waals surface area contributed by atoms with Gasteiger partial charge in [-0.2, -0.15) is 10.0 Å². The largest absolute Gasteiger partial charge is 0.813 e. The number of hydrogen-bond donors (Lipinski definition) is 1. The Kier molecular flexibility index (Phi) is 2.57. The molecule has 8 heavy (non-hydrogen) atoms. The molecule has 5 heteroatoms. The number of halogens is 1. The summed E-state index contributed by atoms with van der Waals surface area (Å²) in [6.07, 6.45) is -0.475. The summed E-state index contributed by atoms with van der Waals surface area (Å²) in [6.45, 7) is 0.667. The third-order valence-electron chi connectivity index (χ3n) is 0.839. The molecule has 1 aliphatic heterocycles.